The van der Waals surface area contributed by atoms with Gasteiger partial charge in [-0.1, -0.05) is 33.1 Å². The van der Waals surface area contributed by atoms with Gasteiger partial charge in [0.05, 0.1) is 59.3 Å². The number of hydrogen-bond acceptors (Lipinski definition) is 11. The molecule has 0 radical (unpaired) electrons. The number of esters is 1. The number of ether oxygens (including phenoxy) is 5. The Bertz CT molecular complexity index is 708. The molecule has 0 heterocycles. The second kappa shape index (κ2) is 37.1. The number of carbonyl (C=O) groups is 4. The highest BCUT2D eigenvalue weighted by molar-refractivity contribution is 5.79. The van der Waals surface area contributed by atoms with Crippen LogP contribution >= 0.6 is 0 Å². The summed E-state index contributed by atoms with van der Waals surface area (Å²) in [7, 11) is 0. The Hall–Kier alpha value is -2.36. The van der Waals surface area contributed by atoms with E-state index in [9.17, 15) is 14.4 Å². The van der Waals surface area contributed by atoms with Crippen molar-refractivity contribution in [3.05, 3.63) is 0 Å². The summed E-state index contributed by atoms with van der Waals surface area (Å²) in [4.78, 5) is 44.5. The molecule has 14 heteroatoms. The van der Waals surface area contributed by atoms with E-state index in [0.29, 0.717) is 72.4 Å². The van der Waals surface area contributed by atoms with Crippen molar-refractivity contribution in [3.8, 4) is 0 Å². The van der Waals surface area contributed by atoms with Crippen LogP contribution in [0.5, 0.6) is 0 Å². The summed E-state index contributed by atoms with van der Waals surface area (Å²) < 4.78 is 26.9. The molecule has 0 fully saturated rings. The molecule has 14 nitrogen and oxygen atoms in total. The second-order valence-corrected chi connectivity index (χ2v) is 11.3. The Morgan fingerprint density at radius 2 is 1.22 bits per heavy atom. The molecule has 0 aromatic rings. The molecule has 46 heavy (non-hydrogen) atoms. The number of unbranched alkanes of at least 4 members (excludes halogenated alkanes) is 3. The summed E-state index contributed by atoms with van der Waals surface area (Å²) in [5.74, 6) is -0.388. The standard InChI is InChI=1S/C27H53N3O8.C4H11N.CH3NO/c1-5-6-10-24(31)30-23(9-7-8-12-28)22-25(32)29-13-15-35-17-19-37-21-20-36-18-16-34-14-11-26(33)38-27(2,3)4;1-2-3-4-5;2-1-3/h23H,5-22,28H2,1-4H3,(H,29,32)(H,30,31);2-5H2,1H3;1H,(H2,2,3). The number of carbonyl (C=O) groups excluding carboxylic acids is 4. The largest absolute Gasteiger partial charge is 0.460 e. The maximum atomic E-state index is 12.3. The van der Waals surface area contributed by atoms with Gasteiger partial charge in [0, 0.05) is 25.4 Å². The molecule has 0 aliphatic heterocycles. The molecule has 1 atom stereocenters. The van der Waals surface area contributed by atoms with Crippen molar-refractivity contribution in [3.63, 3.8) is 0 Å². The molecule has 0 aromatic heterocycles. The average molecular weight is 666 g/mol. The zero-order chi connectivity index (χ0) is 35.3. The fraction of sp³-hybridized carbons (Fsp3) is 0.875. The van der Waals surface area contributed by atoms with Gasteiger partial charge in [0.15, 0.2) is 0 Å². The third-order valence-corrected chi connectivity index (χ3v) is 5.67. The van der Waals surface area contributed by atoms with E-state index in [1.807, 2.05) is 27.7 Å². The third-order valence-electron chi connectivity index (χ3n) is 5.67. The first kappa shape index (κ1) is 48.0. The van der Waals surface area contributed by atoms with Crippen LogP contribution in [0.3, 0.4) is 0 Å². The lowest BCUT2D eigenvalue weighted by atomic mass is 10.1. The average Bonchev–Trinajstić information content (AvgIpc) is 2.98. The van der Waals surface area contributed by atoms with Gasteiger partial charge in [-0.05, 0) is 59.5 Å². The van der Waals surface area contributed by atoms with Gasteiger partial charge in [-0.2, -0.15) is 0 Å². The Morgan fingerprint density at radius 1 is 0.717 bits per heavy atom. The van der Waals surface area contributed by atoms with E-state index in [1.54, 1.807) is 0 Å². The van der Waals surface area contributed by atoms with Crippen LogP contribution < -0.4 is 27.8 Å². The van der Waals surface area contributed by atoms with Crippen LogP contribution in [0.25, 0.3) is 0 Å². The van der Waals surface area contributed by atoms with E-state index < -0.39 is 5.60 Å². The molecule has 3 amide bonds. The first-order chi connectivity index (χ1) is 22.0. The van der Waals surface area contributed by atoms with Crippen LogP contribution in [-0.2, 0) is 42.9 Å². The number of nitrogens with one attached hydrogen (secondary N) is 2. The molecule has 0 aromatic carbocycles. The topological polar surface area (TPSA) is 217 Å². The smallest absolute Gasteiger partial charge is 0.308 e. The van der Waals surface area contributed by atoms with Gasteiger partial charge in [0.1, 0.15) is 5.60 Å². The van der Waals surface area contributed by atoms with Crippen molar-refractivity contribution in [1.82, 2.24) is 10.6 Å². The van der Waals surface area contributed by atoms with Crippen LogP contribution in [-0.4, -0.2) is 108 Å². The van der Waals surface area contributed by atoms with Crippen LogP contribution in [0.1, 0.15) is 98.8 Å². The molecule has 274 valence electrons. The van der Waals surface area contributed by atoms with Gasteiger partial charge < -0.3 is 51.5 Å². The SMILES string of the molecule is CCCCC(=O)NC(CCCCN)CC(=O)NCCOCCOCCOCCOCCC(=O)OC(C)(C)C.CCCCN.NC=O. The first-order valence-electron chi connectivity index (χ1n) is 16.6. The van der Waals surface area contributed by atoms with Crippen molar-refractivity contribution >= 4 is 24.2 Å². The Balaban J connectivity index is -0.00000205. The molecular formula is C32H67N5O9. The fourth-order valence-electron chi connectivity index (χ4n) is 3.47. The van der Waals surface area contributed by atoms with Crippen LogP contribution in [0.4, 0.5) is 0 Å². The van der Waals surface area contributed by atoms with E-state index in [1.165, 1.54) is 12.8 Å². The lowest BCUT2D eigenvalue weighted by molar-refractivity contribution is -0.156. The molecule has 0 aliphatic carbocycles. The zero-order valence-electron chi connectivity index (χ0n) is 29.4. The van der Waals surface area contributed by atoms with Gasteiger partial charge in [0.2, 0.25) is 18.2 Å². The molecule has 0 saturated heterocycles. The summed E-state index contributed by atoms with van der Waals surface area (Å²) in [6.07, 6.45) is 7.88. The minimum Gasteiger partial charge on any atom is -0.460 e. The molecule has 0 spiro atoms. The molecule has 1 unspecified atom stereocenters. The lowest BCUT2D eigenvalue weighted by Crippen LogP contribution is -2.39. The molecule has 0 bridgehead atoms. The molecule has 0 rings (SSSR count). The summed E-state index contributed by atoms with van der Waals surface area (Å²) >= 11 is 0. The van der Waals surface area contributed by atoms with Crippen molar-refractivity contribution < 1.29 is 42.9 Å². The van der Waals surface area contributed by atoms with Gasteiger partial charge in [0.25, 0.3) is 0 Å². The van der Waals surface area contributed by atoms with Crippen molar-refractivity contribution in [2.45, 2.75) is 110 Å². The normalized spacial score (nSPS) is 11.3. The Morgan fingerprint density at radius 3 is 1.67 bits per heavy atom. The van der Waals surface area contributed by atoms with E-state index in [4.69, 9.17) is 39.9 Å². The van der Waals surface area contributed by atoms with Crippen LogP contribution in [0, 0.1) is 0 Å². The minimum absolute atomic E-state index is 0.00485. The summed E-state index contributed by atoms with van der Waals surface area (Å²) in [5.41, 5.74) is 14.4. The van der Waals surface area contributed by atoms with Crippen molar-refractivity contribution in [2.75, 3.05) is 72.5 Å². The highest BCUT2D eigenvalue weighted by atomic mass is 16.6. The Kier molecular flexibility index (Phi) is 38.7. The number of amides is 3. The maximum Gasteiger partial charge on any atom is 0.308 e. The molecule has 0 aliphatic rings. The predicted octanol–water partition coefficient (Wildman–Crippen LogP) is 1.94. The van der Waals surface area contributed by atoms with Crippen molar-refractivity contribution in [2.24, 2.45) is 17.2 Å². The number of rotatable bonds is 27. The van der Waals surface area contributed by atoms with E-state index in [0.717, 1.165) is 38.6 Å². The highest BCUT2D eigenvalue weighted by Gasteiger charge is 2.16. The summed E-state index contributed by atoms with van der Waals surface area (Å²) in [6, 6.07) is -0.175. The number of primary amides is 1. The monoisotopic (exact) mass is 665 g/mol. The van der Waals surface area contributed by atoms with E-state index in [-0.39, 0.29) is 43.1 Å². The van der Waals surface area contributed by atoms with Crippen molar-refractivity contribution in [1.29, 1.82) is 0 Å². The highest BCUT2D eigenvalue weighted by Crippen LogP contribution is 2.08. The van der Waals surface area contributed by atoms with Crippen LogP contribution in [0.2, 0.25) is 0 Å². The van der Waals surface area contributed by atoms with Gasteiger partial charge in [-0.25, -0.2) is 0 Å². The first-order valence-corrected chi connectivity index (χ1v) is 16.6. The predicted molar refractivity (Wildman–Crippen MR) is 180 cm³/mol. The summed E-state index contributed by atoms with van der Waals surface area (Å²) in [6.45, 7) is 14.7. The lowest BCUT2D eigenvalue weighted by Gasteiger charge is -2.19. The van der Waals surface area contributed by atoms with E-state index >= 15 is 0 Å². The summed E-state index contributed by atoms with van der Waals surface area (Å²) in [5, 5.41) is 5.82. The molecule has 8 N–H and O–H groups in total. The minimum atomic E-state index is -0.482. The molecular weight excluding hydrogens is 598 g/mol. The van der Waals surface area contributed by atoms with Gasteiger partial charge in [-0.3, -0.25) is 19.2 Å². The maximum absolute atomic E-state index is 12.3. The quantitative estimate of drug-likeness (QED) is 0.0485. The van der Waals surface area contributed by atoms with Gasteiger partial charge >= 0.3 is 5.97 Å². The second-order valence-electron chi connectivity index (χ2n) is 11.3. The Labute approximate surface area is 277 Å². The van der Waals surface area contributed by atoms with Crippen LogP contribution in [0.15, 0.2) is 0 Å². The zero-order valence-corrected chi connectivity index (χ0v) is 29.4. The molecule has 0 saturated carbocycles. The third kappa shape index (κ3) is 43.8. The van der Waals surface area contributed by atoms with Gasteiger partial charge in [-0.15, -0.1) is 0 Å². The number of nitrogens with two attached hydrogens (primary N) is 3. The van der Waals surface area contributed by atoms with E-state index in [2.05, 4.69) is 23.3 Å². The fourth-order valence-corrected chi connectivity index (χ4v) is 3.47. The number of hydrogen-bond donors (Lipinski definition) is 5.